The molecule has 2 N–H and O–H groups in total. The number of fused-ring (bicyclic) bond motifs is 1. The molecule has 0 unspecified atom stereocenters. The minimum absolute atomic E-state index is 0.644. The van der Waals surface area contributed by atoms with Crippen LogP contribution < -0.4 is 5.32 Å². The molecule has 0 spiro atoms. The van der Waals surface area contributed by atoms with Crippen LogP contribution >= 0.6 is 0 Å². The number of pyridine rings is 2. The smallest absolute Gasteiger partial charge is 0.138 e. The Balaban J connectivity index is 1.73. The Labute approximate surface area is 123 Å². The molecule has 0 atom stereocenters. The van der Waals surface area contributed by atoms with Crippen molar-refractivity contribution in [1.82, 2.24) is 20.3 Å². The zero-order chi connectivity index (χ0) is 14.1. The summed E-state index contributed by atoms with van der Waals surface area (Å²) in [6.45, 7) is 2.22. The Morgan fingerprint density at radius 1 is 1.10 bits per heavy atom. The summed E-state index contributed by atoms with van der Waals surface area (Å²) < 4.78 is 0. The van der Waals surface area contributed by atoms with E-state index in [1.807, 2.05) is 18.3 Å². The maximum atomic E-state index is 4.75. The van der Waals surface area contributed by atoms with Crippen LogP contribution in [0.25, 0.3) is 22.3 Å². The average Bonchev–Trinajstić information content (AvgIpc) is 2.99. The summed E-state index contributed by atoms with van der Waals surface area (Å²) in [6.07, 6.45) is 8.19. The second-order valence-electron chi connectivity index (χ2n) is 5.60. The van der Waals surface area contributed by atoms with Crippen LogP contribution in [0.3, 0.4) is 0 Å². The number of nitrogens with zero attached hydrogens (tertiary/aromatic N) is 2. The van der Waals surface area contributed by atoms with Crippen molar-refractivity contribution in [3.63, 3.8) is 0 Å². The topological polar surface area (TPSA) is 53.6 Å². The molecule has 4 heterocycles. The van der Waals surface area contributed by atoms with Crippen molar-refractivity contribution in [3.05, 3.63) is 48.4 Å². The van der Waals surface area contributed by atoms with Crippen LogP contribution in [0.4, 0.5) is 0 Å². The summed E-state index contributed by atoms with van der Waals surface area (Å²) in [5, 5.41) is 4.68. The van der Waals surface area contributed by atoms with E-state index in [4.69, 9.17) is 4.98 Å². The van der Waals surface area contributed by atoms with Crippen molar-refractivity contribution < 1.29 is 0 Å². The molecule has 0 aliphatic carbocycles. The Kier molecular flexibility index (Phi) is 3.16. The number of nitrogens with one attached hydrogen (secondary N) is 2. The normalized spacial score (nSPS) is 16.4. The summed E-state index contributed by atoms with van der Waals surface area (Å²) in [5.41, 5.74) is 4.41. The van der Waals surface area contributed by atoms with Gasteiger partial charge in [0.25, 0.3) is 0 Å². The summed E-state index contributed by atoms with van der Waals surface area (Å²) in [6, 6.07) is 8.27. The fourth-order valence-corrected chi connectivity index (χ4v) is 3.17. The molecule has 0 radical (unpaired) electrons. The average molecular weight is 278 g/mol. The molecule has 1 aliphatic rings. The van der Waals surface area contributed by atoms with Crippen molar-refractivity contribution in [2.24, 2.45) is 0 Å². The Morgan fingerprint density at radius 2 is 2.00 bits per heavy atom. The number of rotatable bonds is 2. The van der Waals surface area contributed by atoms with Gasteiger partial charge in [0.1, 0.15) is 5.65 Å². The highest BCUT2D eigenvalue weighted by Crippen LogP contribution is 2.31. The monoisotopic (exact) mass is 278 g/mol. The van der Waals surface area contributed by atoms with E-state index in [9.17, 15) is 0 Å². The number of hydrogen-bond acceptors (Lipinski definition) is 3. The first kappa shape index (κ1) is 12.5. The molecule has 1 fully saturated rings. The highest BCUT2D eigenvalue weighted by molar-refractivity contribution is 5.83. The Morgan fingerprint density at radius 3 is 2.81 bits per heavy atom. The van der Waals surface area contributed by atoms with Crippen molar-refractivity contribution in [2.45, 2.75) is 18.8 Å². The van der Waals surface area contributed by atoms with Gasteiger partial charge in [-0.1, -0.05) is 0 Å². The lowest BCUT2D eigenvalue weighted by atomic mass is 9.90. The van der Waals surface area contributed by atoms with Gasteiger partial charge in [-0.25, -0.2) is 4.98 Å². The van der Waals surface area contributed by atoms with E-state index >= 15 is 0 Å². The summed E-state index contributed by atoms with van der Waals surface area (Å²) in [4.78, 5) is 12.3. The van der Waals surface area contributed by atoms with Crippen LogP contribution in [0.5, 0.6) is 0 Å². The quantitative estimate of drug-likeness (QED) is 0.757. The summed E-state index contributed by atoms with van der Waals surface area (Å²) in [7, 11) is 0. The minimum atomic E-state index is 0.644. The molecule has 0 bridgehead atoms. The number of aromatic amines is 1. The van der Waals surface area contributed by atoms with Gasteiger partial charge >= 0.3 is 0 Å². The van der Waals surface area contributed by atoms with Crippen molar-refractivity contribution >= 4 is 11.0 Å². The summed E-state index contributed by atoms with van der Waals surface area (Å²) >= 11 is 0. The van der Waals surface area contributed by atoms with Gasteiger partial charge < -0.3 is 10.3 Å². The predicted molar refractivity (Wildman–Crippen MR) is 84.2 cm³/mol. The van der Waals surface area contributed by atoms with E-state index in [2.05, 4.69) is 33.6 Å². The van der Waals surface area contributed by atoms with Crippen molar-refractivity contribution in [3.8, 4) is 11.3 Å². The lowest BCUT2D eigenvalue weighted by molar-refractivity contribution is 0.462. The van der Waals surface area contributed by atoms with Gasteiger partial charge in [0.2, 0.25) is 0 Å². The molecule has 3 aromatic rings. The van der Waals surface area contributed by atoms with E-state index in [0.29, 0.717) is 5.92 Å². The Bertz CT molecular complexity index is 742. The van der Waals surface area contributed by atoms with Gasteiger partial charge in [-0.3, -0.25) is 4.98 Å². The molecule has 4 rings (SSSR count). The van der Waals surface area contributed by atoms with Crippen LogP contribution in [-0.2, 0) is 0 Å². The highest BCUT2D eigenvalue weighted by Gasteiger charge is 2.19. The third-order valence-electron chi connectivity index (χ3n) is 4.31. The highest BCUT2D eigenvalue weighted by atomic mass is 14.9. The SMILES string of the molecule is c1cncc(-c2ccc3c(C4CCNCC4)c[nH]c3n2)c1. The van der Waals surface area contributed by atoms with E-state index in [-0.39, 0.29) is 0 Å². The molecular formula is C17H18N4. The molecule has 0 amide bonds. The largest absolute Gasteiger partial charge is 0.346 e. The van der Waals surface area contributed by atoms with Crippen LogP contribution in [0.2, 0.25) is 0 Å². The van der Waals surface area contributed by atoms with Gasteiger partial charge in [0.05, 0.1) is 5.69 Å². The molecule has 0 saturated carbocycles. The molecule has 1 aliphatic heterocycles. The minimum Gasteiger partial charge on any atom is -0.346 e. The predicted octanol–water partition coefficient (Wildman–Crippen LogP) is 3.09. The van der Waals surface area contributed by atoms with Crippen LogP contribution in [-0.4, -0.2) is 28.0 Å². The molecule has 0 aromatic carbocycles. The van der Waals surface area contributed by atoms with E-state index < -0.39 is 0 Å². The first-order chi connectivity index (χ1) is 10.4. The van der Waals surface area contributed by atoms with Gasteiger partial charge in [0.15, 0.2) is 0 Å². The van der Waals surface area contributed by atoms with Crippen LogP contribution in [0, 0.1) is 0 Å². The zero-order valence-corrected chi connectivity index (χ0v) is 11.8. The molecule has 4 nitrogen and oxygen atoms in total. The standard InChI is InChI=1S/C17H18N4/c1-2-13(10-19-7-1)16-4-3-14-15(11-20-17(14)21-16)12-5-8-18-9-6-12/h1-4,7,10-12,18H,5-6,8-9H2,(H,20,21). The summed E-state index contributed by atoms with van der Waals surface area (Å²) in [5.74, 6) is 0.644. The zero-order valence-electron chi connectivity index (χ0n) is 11.8. The second-order valence-corrected chi connectivity index (χ2v) is 5.60. The first-order valence-electron chi connectivity index (χ1n) is 7.51. The number of hydrogen-bond donors (Lipinski definition) is 2. The molecule has 3 aromatic heterocycles. The van der Waals surface area contributed by atoms with Gasteiger partial charge in [0, 0.05) is 29.5 Å². The second kappa shape index (κ2) is 5.30. The lowest BCUT2D eigenvalue weighted by Crippen LogP contribution is -2.26. The number of H-pyrrole nitrogens is 1. The van der Waals surface area contributed by atoms with Gasteiger partial charge in [-0.2, -0.15) is 0 Å². The van der Waals surface area contributed by atoms with Gasteiger partial charge in [-0.15, -0.1) is 0 Å². The lowest BCUT2D eigenvalue weighted by Gasteiger charge is -2.22. The van der Waals surface area contributed by atoms with E-state index in [1.54, 1.807) is 6.20 Å². The maximum absolute atomic E-state index is 4.75. The molecule has 1 saturated heterocycles. The Hall–Kier alpha value is -2.20. The van der Waals surface area contributed by atoms with Crippen LogP contribution in [0.1, 0.15) is 24.3 Å². The third-order valence-corrected chi connectivity index (χ3v) is 4.31. The first-order valence-corrected chi connectivity index (χ1v) is 7.51. The maximum Gasteiger partial charge on any atom is 0.138 e. The van der Waals surface area contributed by atoms with Crippen LogP contribution in [0.15, 0.2) is 42.9 Å². The molecule has 106 valence electrons. The van der Waals surface area contributed by atoms with E-state index in [0.717, 1.165) is 30.0 Å². The number of aromatic nitrogens is 3. The fourth-order valence-electron chi connectivity index (χ4n) is 3.17. The fraction of sp³-hybridized carbons (Fsp3) is 0.294. The van der Waals surface area contributed by atoms with Gasteiger partial charge in [-0.05, 0) is 61.7 Å². The van der Waals surface area contributed by atoms with Crippen molar-refractivity contribution in [1.29, 1.82) is 0 Å². The molecule has 4 heteroatoms. The molecular weight excluding hydrogens is 260 g/mol. The van der Waals surface area contributed by atoms with Crippen molar-refractivity contribution in [2.75, 3.05) is 13.1 Å². The number of piperidine rings is 1. The third kappa shape index (κ3) is 2.32. The van der Waals surface area contributed by atoms with E-state index in [1.165, 1.54) is 23.8 Å². The molecule has 21 heavy (non-hydrogen) atoms.